The Morgan fingerprint density at radius 3 is 2.48 bits per heavy atom. The number of ether oxygens (including phenoxy) is 3. The molecule has 0 bridgehead atoms. The molecule has 13 nitrogen and oxygen atoms in total. The highest BCUT2D eigenvalue weighted by Crippen LogP contribution is 2.31. The smallest absolute Gasteiger partial charge is 0.265 e. The van der Waals surface area contributed by atoms with E-state index in [1.165, 1.54) is 13.3 Å². The molecule has 2 N–H and O–H groups in total. The van der Waals surface area contributed by atoms with Crippen molar-refractivity contribution in [3.05, 3.63) is 48.3 Å². The maximum absolute atomic E-state index is 12.8. The van der Waals surface area contributed by atoms with Gasteiger partial charge in [-0.1, -0.05) is 0 Å². The zero-order chi connectivity index (χ0) is 34.3. The van der Waals surface area contributed by atoms with Gasteiger partial charge in [-0.15, -0.1) is 0 Å². The Hall–Kier alpha value is -4.65. The Labute approximate surface area is 278 Å². The van der Waals surface area contributed by atoms with Gasteiger partial charge < -0.3 is 34.4 Å². The molecule has 15 heteroatoms. The van der Waals surface area contributed by atoms with Crippen LogP contribution < -0.4 is 19.7 Å². The lowest BCUT2D eigenvalue weighted by Gasteiger charge is -2.43. The number of aromatic nitrogens is 3. The number of amides is 1. The zero-order valence-electron chi connectivity index (χ0n) is 27.2. The van der Waals surface area contributed by atoms with Crippen molar-refractivity contribution < 1.29 is 32.9 Å². The lowest BCUT2D eigenvalue weighted by molar-refractivity contribution is -0.149. The first-order valence-corrected chi connectivity index (χ1v) is 15.7. The van der Waals surface area contributed by atoms with Crippen molar-refractivity contribution in [2.75, 3.05) is 76.9 Å². The maximum atomic E-state index is 12.8. The molecule has 3 aliphatic rings. The van der Waals surface area contributed by atoms with E-state index in [0.717, 1.165) is 55.5 Å². The molecule has 6 rings (SSSR count). The van der Waals surface area contributed by atoms with Crippen molar-refractivity contribution in [1.29, 1.82) is 5.26 Å². The summed E-state index contributed by atoms with van der Waals surface area (Å²) in [5.41, 5.74) is 2.90. The summed E-state index contributed by atoms with van der Waals surface area (Å²) < 4.78 is 41.8. The molecule has 0 saturated carbocycles. The summed E-state index contributed by atoms with van der Waals surface area (Å²) >= 11 is 0. The highest BCUT2D eigenvalue weighted by atomic mass is 19.3. The number of rotatable bonds is 8. The minimum Gasteiger partial charge on any atom is -0.495 e. The predicted octanol–water partition coefficient (Wildman–Crippen LogP) is 3.32. The maximum Gasteiger partial charge on any atom is 0.265 e. The summed E-state index contributed by atoms with van der Waals surface area (Å²) in [4.78, 5) is 30.3. The number of aliphatic hydroxyl groups is 1. The third-order valence-electron chi connectivity index (χ3n) is 8.43. The highest BCUT2D eigenvalue weighted by Gasteiger charge is 2.37. The van der Waals surface area contributed by atoms with E-state index in [1.807, 2.05) is 24.3 Å². The quantitative estimate of drug-likeness (QED) is 0.363. The average Bonchev–Trinajstić information content (AvgIpc) is 3.07. The standard InChI is InChI=1S/C25H27N7O3.C8H13F2NO2/c1-33-22-5-3-17(11-18(22)13-26)20-12-24(28-16-27-20)29-23-6-4-21(25(30-23)34-2)32-9-7-31(8-10-32)19-14-35-15-19;1-6(12)7(13)11-4-2-3-8(9,10)5-11/h3-6,11-12,16,19H,7-10,14-15H2,1-2H3,(H,27,28,29,30);6,12H,2-5H2,1H3/t;6-/m.1/s1. The Morgan fingerprint density at radius 2 is 1.85 bits per heavy atom. The molecule has 1 aromatic carbocycles. The fraction of sp³-hybridized carbons (Fsp3) is 0.485. The minimum atomic E-state index is -2.79. The summed E-state index contributed by atoms with van der Waals surface area (Å²) in [6.45, 7) is 6.57. The van der Waals surface area contributed by atoms with Crippen LogP contribution in [0.3, 0.4) is 0 Å². The first-order valence-electron chi connectivity index (χ1n) is 15.7. The molecular formula is C33H40F2N8O5. The second-order valence-corrected chi connectivity index (χ2v) is 11.8. The van der Waals surface area contributed by atoms with Gasteiger partial charge in [-0.25, -0.2) is 18.7 Å². The second kappa shape index (κ2) is 15.5. The number of benzene rings is 1. The van der Waals surface area contributed by atoms with Crippen molar-refractivity contribution in [3.8, 4) is 29.0 Å². The van der Waals surface area contributed by atoms with Crippen LogP contribution in [-0.2, 0) is 9.53 Å². The van der Waals surface area contributed by atoms with E-state index >= 15 is 0 Å². The molecule has 1 amide bonds. The largest absolute Gasteiger partial charge is 0.495 e. The summed E-state index contributed by atoms with van der Waals surface area (Å²) in [5, 5.41) is 21.5. The molecule has 3 aromatic rings. The van der Waals surface area contributed by atoms with Crippen LogP contribution >= 0.6 is 0 Å². The molecule has 2 aromatic heterocycles. The number of carbonyl (C=O) groups excluding carboxylic acids is 1. The van der Waals surface area contributed by atoms with E-state index in [9.17, 15) is 18.8 Å². The predicted molar refractivity (Wildman–Crippen MR) is 174 cm³/mol. The number of hydrogen-bond acceptors (Lipinski definition) is 12. The fourth-order valence-electron chi connectivity index (χ4n) is 5.74. The molecule has 5 heterocycles. The van der Waals surface area contributed by atoms with Crippen LogP contribution in [0.4, 0.5) is 26.1 Å². The number of nitrogens with zero attached hydrogens (tertiary/aromatic N) is 7. The molecule has 3 saturated heterocycles. The van der Waals surface area contributed by atoms with Crippen molar-refractivity contribution >= 4 is 23.2 Å². The number of anilines is 3. The van der Waals surface area contributed by atoms with E-state index in [-0.39, 0.29) is 6.42 Å². The second-order valence-electron chi connectivity index (χ2n) is 11.8. The van der Waals surface area contributed by atoms with Gasteiger partial charge >= 0.3 is 0 Å². The van der Waals surface area contributed by atoms with Gasteiger partial charge in [0.25, 0.3) is 11.8 Å². The van der Waals surface area contributed by atoms with Crippen molar-refractivity contribution in [2.24, 2.45) is 0 Å². The van der Waals surface area contributed by atoms with Crippen LogP contribution in [-0.4, -0.2) is 121 Å². The van der Waals surface area contributed by atoms with Crippen LogP contribution in [0.2, 0.25) is 0 Å². The first-order chi connectivity index (χ1) is 23.1. The molecule has 256 valence electrons. The van der Waals surface area contributed by atoms with E-state index in [4.69, 9.17) is 19.3 Å². The molecular weight excluding hydrogens is 626 g/mol. The van der Waals surface area contributed by atoms with Gasteiger partial charge in [0, 0.05) is 50.8 Å². The molecule has 3 fully saturated rings. The molecule has 1 atom stereocenters. The van der Waals surface area contributed by atoms with E-state index in [1.54, 1.807) is 26.4 Å². The topological polar surface area (TPSA) is 149 Å². The SMILES string of the molecule is COc1ccc(-c2cc(Nc3ccc(N4CCN(C5COC5)CC4)c(OC)n3)ncn2)cc1C#N.C[C@@H](O)C(=O)N1CCCC(F)(F)C1. The Bertz CT molecular complexity index is 1610. The summed E-state index contributed by atoms with van der Waals surface area (Å²) in [5.74, 6) is -1.10. The Balaban J connectivity index is 0.000000292. The molecule has 0 radical (unpaired) electrons. The van der Waals surface area contributed by atoms with E-state index < -0.39 is 24.5 Å². The summed E-state index contributed by atoms with van der Waals surface area (Å²) in [7, 11) is 3.18. The number of likely N-dealkylation sites (tertiary alicyclic amines) is 1. The number of aliphatic hydroxyl groups excluding tert-OH is 1. The number of methoxy groups -OCH3 is 2. The van der Waals surface area contributed by atoms with Crippen LogP contribution in [0.15, 0.2) is 42.7 Å². The van der Waals surface area contributed by atoms with Crippen LogP contribution in [0, 0.1) is 11.3 Å². The van der Waals surface area contributed by atoms with Gasteiger partial charge in [0.2, 0.25) is 5.88 Å². The lowest BCUT2D eigenvalue weighted by atomic mass is 10.1. The van der Waals surface area contributed by atoms with E-state index in [2.05, 4.69) is 36.1 Å². The summed E-state index contributed by atoms with van der Waals surface area (Å²) in [6, 6.07) is 13.8. The Kier molecular flexibility index (Phi) is 11.2. The third kappa shape index (κ3) is 8.43. The normalized spacial score (nSPS) is 18.4. The number of piperazine rings is 1. The monoisotopic (exact) mass is 666 g/mol. The van der Waals surface area contributed by atoms with Gasteiger partial charge in [-0.05, 0) is 43.7 Å². The van der Waals surface area contributed by atoms with Crippen LogP contribution in [0.5, 0.6) is 11.6 Å². The molecule has 3 aliphatic heterocycles. The average molecular weight is 667 g/mol. The number of hydrogen-bond donors (Lipinski definition) is 2. The molecule has 0 aliphatic carbocycles. The van der Waals surface area contributed by atoms with Crippen LogP contribution in [0.1, 0.15) is 25.3 Å². The van der Waals surface area contributed by atoms with Crippen molar-refractivity contribution in [2.45, 2.75) is 37.8 Å². The number of carbonyl (C=O) groups is 1. The van der Waals surface area contributed by atoms with Crippen molar-refractivity contribution in [3.63, 3.8) is 0 Å². The van der Waals surface area contributed by atoms with Gasteiger partial charge in [0.15, 0.2) is 0 Å². The molecule has 0 unspecified atom stereocenters. The fourth-order valence-corrected chi connectivity index (χ4v) is 5.74. The Morgan fingerprint density at radius 1 is 1.08 bits per heavy atom. The number of alkyl halides is 2. The number of halogens is 2. The van der Waals surface area contributed by atoms with Gasteiger partial charge in [-0.2, -0.15) is 10.2 Å². The van der Waals surface area contributed by atoms with Gasteiger partial charge in [0.05, 0.1) is 51.3 Å². The van der Waals surface area contributed by atoms with Crippen LogP contribution in [0.25, 0.3) is 11.3 Å². The number of piperidine rings is 1. The highest BCUT2D eigenvalue weighted by molar-refractivity contribution is 5.80. The molecule has 48 heavy (non-hydrogen) atoms. The zero-order valence-corrected chi connectivity index (χ0v) is 27.2. The number of nitriles is 1. The number of pyridine rings is 1. The number of nitrogens with one attached hydrogen (secondary N) is 1. The summed E-state index contributed by atoms with van der Waals surface area (Å²) in [6.07, 6.45) is 0.419. The van der Waals surface area contributed by atoms with Gasteiger partial charge in [0.1, 0.15) is 41.6 Å². The van der Waals surface area contributed by atoms with Crippen molar-refractivity contribution in [1.82, 2.24) is 24.8 Å². The first kappa shape index (κ1) is 34.7. The van der Waals surface area contributed by atoms with E-state index in [0.29, 0.717) is 53.5 Å². The molecule has 0 spiro atoms. The lowest BCUT2D eigenvalue weighted by Crippen LogP contribution is -2.56. The van der Waals surface area contributed by atoms with Gasteiger partial charge in [-0.3, -0.25) is 9.69 Å². The minimum absolute atomic E-state index is 0.170. The third-order valence-corrected chi connectivity index (χ3v) is 8.43.